The van der Waals surface area contributed by atoms with E-state index in [9.17, 15) is 0 Å². The molecule has 3 aromatic heterocycles. The second-order valence-corrected chi connectivity index (χ2v) is 8.60. The minimum Gasteiger partial charge on any atom is -0.291 e. The lowest BCUT2D eigenvalue weighted by atomic mass is 10.2. The van der Waals surface area contributed by atoms with Crippen molar-refractivity contribution in [2.24, 2.45) is 0 Å². The molecule has 0 radical (unpaired) electrons. The third kappa shape index (κ3) is 3.29. The van der Waals surface area contributed by atoms with E-state index in [1.807, 2.05) is 91.0 Å². The average molecular weight is 464 g/mol. The quantitative estimate of drug-likeness (QED) is 0.280. The monoisotopic (exact) mass is 463 g/mol. The van der Waals surface area contributed by atoms with E-state index in [4.69, 9.17) is 15.0 Å². The first-order chi connectivity index (χ1) is 17.9. The van der Waals surface area contributed by atoms with E-state index in [0.29, 0.717) is 0 Å². The molecule has 7 rings (SSSR count). The van der Waals surface area contributed by atoms with Gasteiger partial charge in [0.1, 0.15) is 11.4 Å². The summed E-state index contributed by atoms with van der Waals surface area (Å²) in [5, 5.41) is 0. The highest BCUT2D eigenvalue weighted by Gasteiger charge is 2.19. The van der Waals surface area contributed by atoms with Gasteiger partial charge in [0, 0.05) is 11.4 Å². The van der Waals surface area contributed by atoms with Crippen molar-refractivity contribution < 1.29 is 0 Å². The van der Waals surface area contributed by atoms with Crippen LogP contribution in [-0.2, 0) is 0 Å². The molecule has 0 bridgehead atoms. The Hall–Kier alpha value is -5.03. The van der Waals surface area contributed by atoms with E-state index in [0.717, 1.165) is 56.5 Å². The van der Waals surface area contributed by atoms with Crippen LogP contribution in [0, 0.1) is 0 Å². The van der Waals surface area contributed by atoms with Gasteiger partial charge in [0.2, 0.25) is 0 Å². The summed E-state index contributed by atoms with van der Waals surface area (Å²) in [5.41, 5.74) is 7.62. The van der Waals surface area contributed by atoms with Crippen molar-refractivity contribution in [3.63, 3.8) is 0 Å². The first-order valence-electron chi connectivity index (χ1n) is 11.9. The summed E-state index contributed by atoms with van der Waals surface area (Å²) in [4.78, 5) is 15.1. The van der Waals surface area contributed by atoms with E-state index in [1.165, 1.54) is 0 Å². The van der Waals surface area contributed by atoms with Gasteiger partial charge in [0.15, 0.2) is 11.6 Å². The summed E-state index contributed by atoms with van der Waals surface area (Å²) < 4.78 is 4.34. The van der Waals surface area contributed by atoms with E-state index in [1.54, 1.807) is 0 Å². The topological polar surface area (TPSA) is 48.5 Å². The van der Waals surface area contributed by atoms with Crippen LogP contribution in [0.5, 0.6) is 0 Å². The summed E-state index contributed by atoms with van der Waals surface area (Å²) in [7, 11) is 0. The zero-order valence-electron chi connectivity index (χ0n) is 19.4. The number of fused-ring (bicyclic) bond motifs is 2. The number of rotatable bonds is 4. The van der Waals surface area contributed by atoms with Gasteiger partial charge in [-0.1, -0.05) is 66.7 Å². The van der Waals surface area contributed by atoms with Crippen molar-refractivity contribution in [2.75, 3.05) is 0 Å². The van der Waals surface area contributed by atoms with Crippen molar-refractivity contribution in [2.45, 2.75) is 0 Å². The number of para-hydroxylation sites is 6. The Balaban J connectivity index is 1.46. The second kappa shape index (κ2) is 8.32. The summed E-state index contributed by atoms with van der Waals surface area (Å²) >= 11 is 0. The fraction of sp³-hybridized carbons (Fsp3) is 0. The highest BCUT2D eigenvalue weighted by atomic mass is 15.1. The van der Waals surface area contributed by atoms with Gasteiger partial charge in [-0.3, -0.25) is 9.13 Å². The summed E-state index contributed by atoms with van der Waals surface area (Å²) in [5.74, 6) is 1.60. The molecule has 7 aromatic rings. The number of benzene rings is 4. The molecule has 0 saturated heterocycles. The maximum atomic E-state index is 5.11. The second-order valence-electron chi connectivity index (χ2n) is 8.60. The molecular formula is C31H21N5. The molecule has 0 spiro atoms. The summed E-state index contributed by atoms with van der Waals surface area (Å²) in [6.07, 6.45) is 0. The zero-order chi connectivity index (χ0) is 23.9. The van der Waals surface area contributed by atoms with Crippen LogP contribution in [0.1, 0.15) is 0 Å². The number of aromatic nitrogens is 5. The fourth-order valence-corrected chi connectivity index (χ4v) is 4.76. The van der Waals surface area contributed by atoms with Crippen molar-refractivity contribution in [1.29, 1.82) is 0 Å². The Morgan fingerprint density at radius 2 is 0.778 bits per heavy atom. The molecule has 0 saturated carbocycles. The minimum absolute atomic E-state index is 0.791. The van der Waals surface area contributed by atoms with Crippen LogP contribution >= 0.6 is 0 Å². The van der Waals surface area contributed by atoms with Gasteiger partial charge >= 0.3 is 0 Å². The lowest BCUT2D eigenvalue weighted by Crippen LogP contribution is -2.02. The van der Waals surface area contributed by atoms with E-state index in [2.05, 4.69) is 45.5 Å². The van der Waals surface area contributed by atoms with Crippen LogP contribution < -0.4 is 0 Å². The molecule has 0 atom stereocenters. The SMILES string of the molecule is c1ccc(-n2c(-c3cccc(-c4nc5ccccc5n4-c4ccccc4)n3)nc3ccccc32)cc1. The predicted molar refractivity (Wildman–Crippen MR) is 144 cm³/mol. The molecule has 0 fully saturated rings. The molecule has 170 valence electrons. The van der Waals surface area contributed by atoms with Crippen molar-refractivity contribution in [3.8, 4) is 34.4 Å². The van der Waals surface area contributed by atoms with Crippen LogP contribution in [0.4, 0.5) is 0 Å². The Kier molecular flexibility index (Phi) is 4.71. The van der Waals surface area contributed by atoms with Gasteiger partial charge in [-0.05, 0) is 60.7 Å². The number of nitrogens with zero attached hydrogens (tertiary/aromatic N) is 5. The first-order valence-corrected chi connectivity index (χ1v) is 11.9. The third-order valence-corrected chi connectivity index (χ3v) is 6.36. The zero-order valence-corrected chi connectivity index (χ0v) is 19.4. The maximum absolute atomic E-state index is 5.11. The van der Waals surface area contributed by atoms with Crippen LogP contribution in [0.25, 0.3) is 56.5 Å². The van der Waals surface area contributed by atoms with E-state index in [-0.39, 0.29) is 0 Å². The first kappa shape index (κ1) is 20.4. The Morgan fingerprint density at radius 1 is 0.361 bits per heavy atom. The smallest absolute Gasteiger partial charge is 0.164 e. The Morgan fingerprint density at radius 3 is 1.25 bits per heavy atom. The molecule has 36 heavy (non-hydrogen) atoms. The predicted octanol–water partition coefficient (Wildman–Crippen LogP) is 7.09. The number of hydrogen-bond acceptors (Lipinski definition) is 3. The van der Waals surface area contributed by atoms with Gasteiger partial charge in [-0.25, -0.2) is 15.0 Å². The molecule has 3 heterocycles. The molecule has 5 heteroatoms. The maximum Gasteiger partial charge on any atom is 0.164 e. The van der Waals surface area contributed by atoms with Crippen molar-refractivity contribution in [1.82, 2.24) is 24.1 Å². The largest absolute Gasteiger partial charge is 0.291 e. The number of imidazole rings is 2. The van der Waals surface area contributed by atoms with Crippen molar-refractivity contribution in [3.05, 3.63) is 127 Å². The molecule has 0 aliphatic rings. The van der Waals surface area contributed by atoms with E-state index >= 15 is 0 Å². The van der Waals surface area contributed by atoms with Gasteiger partial charge < -0.3 is 0 Å². The van der Waals surface area contributed by atoms with Crippen LogP contribution in [0.2, 0.25) is 0 Å². The van der Waals surface area contributed by atoms with Gasteiger partial charge in [-0.2, -0.15) is 0 Å². The van der Waals surface area contributed by atoms with Gasteiger partial charge in [-0.15, -0.1) is 0 Å². The molecule has 0 unspecified atom stereocenters. The summed E-state index contributed by atoms with van der Waals surface area (Å²) in [6.45, 7) is 0. The summed E-state index contributed by atoms with van der Waals surface area (Å²) in [6, 6.07) is 43.0. The standard InChI is InChI=1S/C31H21N5/c1-3-12-22(13-4-1)35-28-20-9-7-16-24(28)33-30(35)26-18-11-19-27(32-26)31-34-25-17-8-10-21-29(25)36(31)23-14-5-2-6-15-23/h1-21H. The molecule has 0 aliphatic carbocycles. The van der Waals surface area contributed by atoms with Crippen LogP contribution in [0.15, 0.2) is 127 Å². The van der Waals surface area contributed by atoms with E-state index < -0.39 is 0 Å². The average Bonchev–Trinajstić information content (AvgIpc) is 3.53. The highest BCUT2D eigenvalue weighted by molar-refractivity contribution is 5.84. The van der Waals surface area contributed by atoms with Crippen LogP contribution in [-0.4, -0.2) is 24.1 Å². The normalized spacial score (nSPS) is 11.3. The van der Waals surface area contributed by atoms with Crippen molar-refractivity contribution >= 4 is 22.1 Å². The Labute approximate surface area is 208 Å². The number of pyridine rings is 1. The molecule has 4 aromatic carbocycles. The molecule has 0 N–H and O–H groups in total. The lowest BCUT2D eigenvalue weighted by Gasteiger charge is -2.11. The number of hydrogen-bond donors (Lipinski definition) is 0. The fourth-order valence-electron chi connectivity index (χ4n) is 4.76. The van der Waals surface area contributed by atoms with Gasteiger partial charge in [0.05, 0.1) is 22.1 Å². The highest BCUT2D eigenvalue weighted by Crippen LogP contribution is 2.31. The minimum atomic E-state index is 0.791. The lowest BCUT2D eigenvalue weighted by molar-refractivity contribution is 1.06. The molecule has 0 amide bonds. The van der Waals surface area contributed by atoms with Crippen LogP contribution in [0.3, 0.4) is 0 Å². The molecule has 0 aliphatic heterocycles. The Bertz CT molecular complexity index is 1700. The molecule has 5 nitrogen and oxygen atoms in total. The molecular weight excluding hydrogens is 442 g/mol. The third-order valence-electron chi connectivity index (χ3n) is 6.36. The van der Waals surface area contributed by atoms with Gasteiger partial charge in [0.25, 0.3) is 0 Å².